The molecular formula is C13H18N2O7. The Labute approximate surface area is 124 Å². The van der Waals surface area contributed by atoms with E-state index in [0.29, 0.717) is 0 Å². The van der Waals surface area contributed by atoms with Crippen LogP contribution in [0.5, 0.6) is 0 Å². The van der Waals surface area contributed by atoms with E-state index >= 15 is 0 Å². The Morgan fingerprint density at radius 1 is 1.36 bits per heavy atom. The van der Waals surface area contributed by atoms with E-state index in [-0.39, 0.29) is 24.3 Å². The van der Waals surface area contributed by atoms with Gasteiger partial charge in [-0.2, -0.15) is 0 Å². The van der Waals surface area contributed by atoms with Gasteiger partial charge in [-0.25, -0.2) is 4.79 Å². The van der Waals surface area contributed by atoms with Crippen molar-refractivity contribution < 1.29 is 24.9 Å². The predicted octanol–water partition coefficient (Wildman–Crippen LogP) is -2.33. The Bertz CT molecular complexity index is 665. The smallest absolute Gasteiger partial charge is 0.328 e. The summed E-state index contributed by atoms with van der Waals surface area (Å²) in [6.45, 7) is 0.938. The number of H-pyrrole nitrogens is 1. The molecule has 1 aromatic rings. The van der Waals surface area contributed by atoms with Crippen LogP contribution in [0.4, 0.5) is 0 Å². The number of nitrogens with one attached hydrogen (secondary N) is 1. The quantitative estimate of drug-likeness (QED) is 0.477. The zero-order valence-electron chi connectivity index (χ0n) is 11.9. The topological polar surface area (TPSA) is 142 Å². The van der Waals surface area contributed by atoms with Gasteiger partial charge in [0.1, 0.15) is 30.2 Å². The molecule has 1 aliphatic heterocycles. The molecule has 1 aliphatic rings. The lowest BCUT2D eigenvalue weighted by molar-refractivity contribution is -0.117. The summed E-state index contributed by atoms with van der Waals surface area (Å²) in [6.07, 6.45) is -3.62. The van der Waals surface area contributed by atoms with Crippen LogP contribution in [0, 0.1) is 0 Å². The average molecular weight is 314 g/mol. The minimum Gasteiger partial charge on any atom is -0.394 e. The molecule has 2 rings (SSSR count). The third-order valence-corrected chi connectivity index (χ3v) is 3.59. The van der Waals surface area contributed by atoms with Crippen LogP contribution in [0.2, 0.25) is 0 Å². The van der Waals surface area contributed by atoms with E-state index in [9.17, 15) is 24.6 Å². The second kappa shape index (κ2) is 6.53. The van der Waals surface area contributed by atoms with Crippen LogP contribution in [0.1, 0.15) is 25.0 Å². The molecule has 2 heterocycles. The SMILES string of the molecule is CC(=O)CCn1cc([C@@H]2O[C@H](CO)C(O)C2O)c(=O)[nH]c1=O. The number of aromatic amines is 1. The summed E-state index contributed by atoms with van der Waals surface area (Å²) >= 11 is 0. The molecule has 22 heavy (non-hydrogen) atoms. The highest BCUT2D eigenvalue weighted by Gasteiger charge is 2.44. The fourth-order valence-electron chi connectivity index (χ4n) is 2.33. The number of ketones is 1. The molecule has 0 saturated carbocycles. The summed E-state index contributed by atoms with van der Waals surface area (Å²) in [4.78, 5) is 36.7. The second-order valence-electron chi connectivity index (χ2n) is 5.25. The number of aliphatic hydroxyl groups is 3. The van der Waals surface area contributed by atoms with E-state index in [0.717, 1.165) is 4.57 Å². The summed E-state index contributed by atoms with van der Waals surface area (Å²) in [5, 5.41) is 28.7. The van der Waals surface area contributed by atoms with Crippen molar-refractivity contribution in [2.45, 2.75) is 44.3 Å². The minimum atomic E-state index is -1.41. The third kappa shape index (κ3) is 3.17. The number of Topliss-reactive ketones (excluding diaryl/α,β-unsaturated/α-hetero) is 1. The molecule has 0 aromatic carbocycles. The van der Waals surface area contributed by atoms with Crippen LogP contribution in [0.25, 0.3) is 0 Å². The molecule has 1 aromatic heterocycles. The number of hydrogen-bond donors (Lipinski definition) is 4. The zero-order chi connectivity index (χ0) is 16.4. The van der Waals surface area contributed by atoms with Crippen LogP contribution < -0.4 is 11.2 Å². The van der Waals surface area contributed by atoms with E-state index in [2.05, 4.69) is 4.98 Å². The highest BCUT2D eigenvalue weighted by atomic mass is 16.6. The lowest BCUT2D eigenvalue weighted by Gasteiger charge is -2.15. The fraction of sp³-hybridized carbons (Fsp3) is 0.615. The molecule has 1 fully saturated rings. The maximum Gasteiger partial charge on any atom is 0.328 e. The number of nitrogens with zero attached hydrogens (tertiary/aromatic N) is 1. The number of carbonyl (C=O) groups is 1. The highest BCUT2D eigenvalue weighted by molar-refractivity contribution is 5.75. The van der Waals surface area contributed by atoms with Crippen molar-refractivity contribution in [2.75, 3.05) is 6.61 Å². The summed E-state index contributed by atoms with van der Waals surface area (Å²) in [5.74, 6) is -0.118. The van der Waals surface area contributed by atoms with Gasteiger partial charge in [0.15, 0.2) is 0 Å². The molecule has 0 bridgehead atoms. The number of ether oxygens (including phenoxy) is 1. The third-order valence-electron chi connectivity index (χ3n) is 3.59. The van der Waals surface area contributed by atoms with Crippen molar-refractivity contribution in [3.05, 3.63) is 32.6 Å². The Kier molecular flexibility index (Phi) is 4.91. The first kappa shape index (κ1) is 16.6. The van der Waals surface area contributed by atoms with Gasteiger partial charge >= 0.3 is 5.69 Å². The average Bonchev–Trinajstić information content (AvgIpc) is 2.74. The molecule has 4 atom stereocenters. The Morgan fingerprint density at radius 3 is 2.59 bits per heavy atom. The van der Waals surface area contributed by atoms with Crippen LogP contribution in [0.15, 0.2) is 15.8 Å². The maximum absolute atomic E-state index is 11.9. The number of aryl methyl sites for hydroxylation is 1. The first-order chi connectivity index (χ1) is 10.3. The molecule has 0 amide bonds. The van der Waals surface area contributed by atoms with Gasteiger partial charge in [-0.3, -0.25) is 19.1 Å². The monoisotopic (exact) mass is 314 g/mol. The predicted molar refractivity (Wildman–Crippen MR) is 73.3 cm³/mol. The van der Waals surface area contributed by atoms with Crippen molar-refractivity contribution >= 4 is 5.78 Å². The molecule has 4 N–H and O–H groups in total. The Hall–Kier alpha value is -1.81. The Morgan fingerprint density at radius 2 is 2.05 bits per heavy atom. The summed E-state index contributed by atoms with van der Waals surface area (Å²) < 4.78 is 6.40. The van der Waals surface area contributed by atoms with Gasteiger partial charge in [0.05, 0.1) is 12.2 Å². The van der Waals surface area contributed by atoms with Crippen LogP contribution in [0.3, 0.4) is 0 Å². The first-order valence-corrected chi connectivity index (χ1v) is 6.80. The van der Waals surface area contributed by atoms with E-state index in [4.69, 9.17) is 9.84 Å². The highest BCUT2D eigenvalue weighted by Crippen LogP contribution is 2.31. The Balaban J connectivity index is 2.35. The zero-order valence-corrected chi connectivity index (χ0v) is 11.9. The largest absolute Gasteiger partial charge is 0.394 e. The molecule has 9 nitrogen and oxygen atoms in total. The lowest BCUT2D eigenvalue weighted by Crippen LogP contribution is -2.36. The molecule has 1 saturated heterocycles. The lowest BCUT2D eigenvalue weighted by atomic mass is 10.0. The number of aromatic nitrogens is 2. The second-order valence-corrected chi connectivity index (χ2v) is 5.25. The van der Waals surface area contributed by atoms with Crippen molar-refractivity contribution in [2.24, 2.45) is 0 Å². The molecule has 0 radical (unpaired) electrons. The standard InChI is InChI=1S/C13H18N2O7/c1-6(17)2-3-15-4-7(12(20)14-13(15)21)11-10(19)9(18)8(5-16)22-11/h4,8-11,16,18-19H,2-3,5H2,1H3,(H,14,20,21)/t8-,9?,10?,11+/m1/s1. The molecule has 122 valence electrons. The van der Waals surface area contributed by atoms with Crippen LogP contribution >= 0.6 is 0 Å². The number of rotatable bonds is 5. The van der Waals surface area contributed by atoms with Gasteiger partial charge < -0.3 is 20.1 Å². The van der Waals surface area contributed by atoms with Gasteiger partial charge in [-0.05, 0) is 6.92 Å². The number of hydrogen-bond acceptors (Lipinski definition) is 7. The van der Waals surface area contributed by atoms with Crippen LogP contribution in [-0.2, 0) is 16.1 Å². The molecule has 0 aliphatic carbocycles. The van der Waals surface area contributed by atoms with Crippen LogP contribution in [-0.4, -0.2) is 55.6 Å². The van der Waals surface area contributed by atoms with Gasteiger partial charge in [0, 0.05) is 19.2 Å². The normalized spacial score (nSPS) is 28.0. The van der Waals surface area contributed by atoms with E-state index in [1.165, 1.54) is 13.1 Å². The van der Waals surface area contributed by atoms with Gasteiger partial charge in [-0.1, -0.05) is 0 Å². The van der Waals surface area contributed by atoms with Crippen molar-refractivity contribution in [3.63, 3.8) is 0 Å². The van der Waals surface area contributed by atoms with Crippen molar-refractivity contribution in [3.8, 4) is 0 Å². The molecule has 2 unspecified atom stereocenters. The van der Waals surface area contributed by atoms with Gasteiger partial charge in [0.2, 0.25) is 0 Å². The molecular weight excluding hydrogens is 296 g/mol. The molecule has 0 spiro atoms. The van der Waals surface area contributed by atoms with Gasteiger partial charge in [-0.15, -0.1) is 0 Å². The van der Waals surface area contributed by atoms with E-state index < -0.39 is 42.3 Å². The fourth-order valence-corrected chi connectivity index (χ4v) is 2.33. The molecule has 9 heteroatoms. The summed E-state index contributed by atoms with van der Waals surface area (Å²) in [7, 11) is 0. The van der Waals surface area contributed by atoms with E-state index in [1.54, 1.807) is 0 Å². The van der Waals surface area contributed by atoms with Gasteiger partial charge in [0.25, 0.3) is 5.56 Å². The first-order valence-electron chi connectivity index (χ1n) is 6.80. The van der Waals surface area contributed by atoms with Crippen molar-refractivity contribution in [1.29, 1.82) is 0 Å². The van der Waals surface area contributed by atoms with E-state index in [1.807, 2.05) is 0 Å². The maximum atomic E-state index is 11.9. The number of aliphatic hydroxyl groups excluding tert-OH is 3. The summed E-state index contributed by atoms with van der Waals surface area (Å²) in [5.41, 5.74) is -1.48. The summed E-state index contributed by atoms with van der Waals surface area (Å²) in [6, 6.07) is 0. The minimum absolute atomic E-state index is 0.0503. The van der Waals surface area contributed by atoms with Crippen molar-refractivity contribution in [1.82, 2.24) is 9.55 Å². The number of carbonyl (C=O) groups excluding carboxylic acids is 1.